The number of carbonyl (C=O) groups is 1. The van der Waals surface area contributed by atoms with Gasteiger partial charge in [-0.1, -0.05) is 0 Å². The first-order valence-corrected chi connectivity index (χ1v) is 6.42. The first-order valence-electron chi connectivity index (χ1n) is 5.25. The van der Waals surface area contributed by atoms with E-state index < -0.39 is 17.1 Å². The Morgan fingerprint density at radius 3 is 2.28 bits per heavy atom. The molecule has 1 aromatic carbocycles. The molecular formula is C12H16N2O3S. The number of urea groups is 1. The molecule has 6 heteroatoms. The highest BCUT2D eigenvalue weighted by atomic mass is 32.2. The van der Waals surface area contributed by atoms with E-state index in [0.717, 1.165) is 16.7 Å². The van der Waals surface area contributed by atoms with Gasteiger partial charge in [-0.2, -0.15) is 0 Å². The van der Waals surface area contributed by atoms with E-state index in [-0.39, 0.29) is 0 Å². The highest BCUT2D eigenvalue weighted by Gasteiger charge is 2.09. The van der Waals surface area contributed by atoms with Crippen molar-refractivity contribution in [1.29, 1.82) is 0 Å². The molecule has 0 bridgehead atoms. The van der Waals surface area contributed by atoms with E-state index in [0.29, 0.717) is 5.69 Å². The highest BCUT2D eigenvalue weighted by Crippen LogP contribution is 2.23. The molecule has 0 heterocycles. The molecule has 98 valence electrons. The summed E-state index contributed by atoms with van der Waals surface area (Å²) in [7, 11) is 1.59. The number of carbonyl (C=O) groups excluding carboxylic acids is 1. The van der Waals surface area contributed by atoms with Crippen LogP contribution in [-0.4, -0.2) is 21.8 Å². The topological polar surface area (TPSA) is 83.6 Å². The minimum atomic E-state index is -1.97. The smallest absolute Gasteiger partial charge is 0.318 e. The average molecular weight is 268 g/mol. The molecule has 18 heavy (non-hydrogen) atoms. The van der Waals surface area contributed by atoms with Crippen LogP contribution in [0.2, 0.25) is 0 Å². The molecular weight excluding hydrogens is 252 g/mol. The number of primary amides is 1. The van der Waals surface area contributed by atoms with Crippen molar-refractivity contribution in [2.45, 2.75) is 13.8 Å². The van der Waals surface area contributed by atoms with E-state index in [9.17, 15) is 9.00 Å². The maximum absolute atomic E-state index is 11.1. The van der Waals surface area contributed by atoms with Crippen molar-refractivity contribution in [2.75, 3.05) is 11.9 Å². The Kier molecular flexibility index (Phi) is 4.63. The van der Waals surface area contributed by atoms with Crippen molar-refractivity contribution >= 4 is 28.9 Å². The van der Waals surface area contributed by atoms with E-state index in [1.807, 2.05) is 13.8 Å². The summed E-state index contributed by atoms with van der Waals surface area (Å²) in [5.74, 6) is 0. The zero-order chi connectivity index (χ0) is 13.9. The molecule has 0 saturated carbocycles. The summed E-state index contributed by atoms with van der Waals surface area (Å²) in [6.45, 7) is 3.73. The van der Waals surface area contributed by atoms with Gasteiger partial charge in [0.15, 0.2) is 11.1 Å². The number of anilines is 1. The summed E-state index contributed by atoms with van der Waals surface area (Å²) in [6.07, 6.45) is 1.59. The van der Waals surface area contributed by atoms with Gasteiger partial charge in [0.2, 0.25) is 0 Å². The Hall–Kier alpha value is -1.66. The lowest BCUT2D eigenvalue weighted by Gasteiger charge is -2.17. The summed E-state index contributed by atoms with van der Waals surface area (Å²) in [5, 5.41) is 1.20. The molecule has 0 aliphatic carbocycles. The SMILES string of the molecule is Cc1cc(N(C)C(N)=O)cc(C)c1/C=C/S(=O)O. The second kappa shape index (κ2) is 5.79. The maximum Gasteiger partial charge on any atom is 0.318 e. The van der Waals surface area contributed by atoms with Gasteiger partial charge >= 0.3 is 6.03 Å². The number of rotatable bonds is 3. The first-order chi connectivity index (χ1) is 8.32. The van der Waals surface area contributed by atoms with E-state index in [1.54, 1.807) is 25.3 Å². The number of hydrogen-bond donors (Lipinski definition) is 2. The molecule has 1 atom stereocenters. The molecule has 1 unspecified atom stereocenters. The van der Waals surface area contributed by atoms with Gasteiger partial charge in [0.1, 0.15) is 0 Å². The molecule has 0 aliphatic heterocycles. The quantitative estimate of drug-likeness (QED) is 0.822. The zero-order valence-electron chi connectivity index (χ0n) is 10.5. The fourth-order valence-electron chi connectivity index (χ4n) is 1.66. The molecule has 0 radical (unpaired) electrons. The van der Waals surface area contributed by atoms with Gasteiger partial charge in [-0.15, -0.1) is 0 Å². The van der Waals surface area contributed by atoms with E-state index in [4.69, 9.17) is 10.3 Å². The molecule has 0 fully saturated rings. The van der Waals surface area contributed by atoms with Crippen molar-refractivity contribution < 1.29 is 13.6 Å². The van der Waals surface area contributed by atoms with Crippen LogP contribution in [0.25, 0.3) is 6.08 Å². The Morgan fingerprint density at radius 2 is 1.89 bits per heavy atom. The van der Waals surface area contributed by atoms with Crippen molar-refractivity contribution in [1.82, 2.24) is 0 Å². The minimum absolute atomic E-state index is 0.534. The van der Waals surface area contributed by atoms with Gasteiger partial charge in [-0.05, 0) is 48.7 Å². The maximum atomic E-state index is 11.1. The van der Waals surface area contributed by atoms with E-state index >= 15 is 0 Å². The van der Waals surface area contributed by atoms with Crippen LogP contribution in [0.3, 0.4) is 0 Å². The van der Waals surface area contributed by atoms with Crippen molar-refractivity contribution in [3.8, 4) is 0 Å². The molecule has 5 nitrogen and oxygen atoms in total. The standard InChI is InChI=1S/C12H16N2O3S/c1-8-6-10(14(3)12(13)15)7-9(2)11(8)4-5-18(16)17/h4-7H,1-3H3,(H2,13,15)(H,16,17)/b5-4+. The van der Waals surface area contributed by atoms with Gasteiger partial charge in [0.05, 0.1) is 0 Å². The molecule has 1 aromatic rings. The van der Waals surface area contributed by atoms with E-state index in [2.05, 4.69) is 0 Å². The lowest BCUT2D eigenvalue weighted by atomic mass is 10.0. The molecule has 2 amide bonds. The Morgan fingerprint density at radius 1 is 1.39 bits per heavy atom. The molecule has 0 saturated heterocycles. The summed E-state index contributed by atoms with van der Waals surface area (Å²) < 4.78 is 19.3. The lowest BCUT2D eigenvalue weighted by molar-refractivity contribution is 0.255. The number of benzene rings is 1. The fourth-order valence-corrected chi connectivity index (χ4v) is 1.91. The van der Waals surface area contributed by atoms with Gasteiger partial charge in [-0.25, -0.2) is 9.00 Å². The van der Waals surface area contributed by atoms with Crippen molar-refractivity contribution in [2.24, 2.45) is 5.73 Å². The van der Waals surface area contributed by atoms with Crippen LogP contribution < -0.4 is 10.6 Å². The third-order valence-corrected chi connectivity index (χ3v) is 3.02. The largest absolute Gasteiger partial charge is 0.351 e. The van der Waals surface area contributed by atoms with Crippen LogP contribution >= 0.6 is 0 Å². The monoisotopic (exact) mass is 268 g/mol. The minimum Gasteiger partial charge on any atom is -0.351 e. The number of nitrogens with zero attached hydrogens (tertiary/aromatic N) is 1. The van der Waals surface area contributed by atoms with Crippen LogP contribution in [0.1, 0.15) is 16.7 Å². The predicted octanol–water partition coefficient (Wildman–Crippen LogP) is 2.01. The summed E-state index contributed by atoms with van der Waals surface area (Å²) >= 11 is -1.97. The summed E-state index contributed by atoms with van der Waals surface area (Å²) in [4.78, 5) is 12.4. The highest BCUT2D eigenvalue weighted by molar-refractivity contribution is 7.82. The zero-order valence-corrected chi connectivity index (χ0v) is 11.3. The number of amides is 2. The average Bonchev–Trinajstić information content (AvgIpc) is 2.26. The third-order valence-electron chi connectivity index (χ3n) is 2.65. The normalized spacial score (nSPS) is 12.7. The number of aryl methyl sites for hydroxylation is 2. The van der Waals surface area contributed by atoms with Crippen LogP contribution in [0.4, 0.5) is 10.5 Å². The fraction of sp³-hybridized carbons (Fsp3) is 0.250. The van der Waals surface area contributed by atoms with Gasteiger partial charge in [0.25, 0.3) is 0 Å². The Balaban J connectivity index is 3.20. The summed E-state index contributed by atoms with van der Waals surface area (Å²) in [5.41, 5.74) is 8.56. The lowest BCUT2D eigenvalue weighted by Crippen LogP contribution is -2.31. The summed E-state index contributed by atoms with van der Waals surface area (Å²) in [6, 6.07) is 3.07. The van der Waals surface area contributed by atoms with E-state index in [1.165, 1.54) is 10.3 Å². The second-order valence-electron chi connectivity index (χ2n) is 3.97. The van der Waals surface area contributed by atoms with Crippen molar-refractivity contribution in [3.63, 3.8) is 0 Å². The molecule has 3 N–H and O–H groups in total. The number of hydrogen-bond acceptors (Lipinski definition) is 2. The first kappa shape index (κ1) is 14.4. The predicted molar refractivity (Wildman–Crippen MR) is 73.7 cm³/mol. The molecule has 1 rings (SSSR count). The Labute approximate surface area is 109 Å². The van der Waals surface area contributed by atoms with Crippen LogP contribution in [0.15, 0.2) is 17.5 Å². The number of nitrogens with two attached hydrogens (primary N) is 1. The third kappa shape index (κ3) is 3.41. The van der Waals surface area contributed by atoms with Gasteiger partial charge in [0, 0.05) is 18.1 Å². The van der Waals surface area contributed by atoms with Crippen LogP contribution in [-0.2, 0) is 11.1 Å². The molecule has 0 aliphatic rings. The second-order valence-corrected chi connectivity index (χ2v) is 4.79. The van der Waals surface area contributed by atoms with Gasteiger partial charge in [-0.3, -0.25) is 4.90 Å². The van der Waals surface area contributed by atoms with Crippen LogP contribution in [0.5, 0.6) is 0 Å². The van der Waals surface area contributed by atoms with Gasteiger partial charge < -0.3 is 10.3 Å². The van der Waals surface area contributed by atoms with Crippen LogP contribution in [0, 0.1) is 13.8 Å². The molecule has 0 spiro atoms. The van der Waals surface area contributed by atoms with Crippen molar-refractivity contribution in [3.05, 3.63) is 34.2 Å². The Bertz CT molecular complexity index is 503. The molecule has 0 aromatic heterocycles.